The van der Waals surface area contributed by atoms with Crippen molar-refractivity contribution >= 4 is 27.8 Å². The summed E-state index contributed by atoms with van der Waals surface area (Å²) in [7, 11) is 0. The molecule has 0 heterocycles. The maximum absolute atomic E-state index is 2.53. The second kappa shape index (κ2) is 14.4. The minimum atomic E-state index is -0.528. The van der Waals surface area contributed by atoms with Crippen LogP contribution in [0, 0.1) is 0 Å². The first kappa shape index (κ1) is 37.1. The number of hydrogen-bond donors (Lipinski definition) is 0. The summed E-state index contributed by atoms with van der Waals surface area (Å²) < 4.78 is 0. The van der Waals surface area contributed by atoms with Crippen molar-refractivity contribution in [1.29, 1.82) is 0 Å². The average molecular weight is 804 g/mol. The Balaban J connectivity index is 1.16. The summed E-state index contributed by atoms with van der Waals surface area (Å²) in [4.78, 5) is 2.53. The van der Waals surface area contributed by atoms with Crippen LogP contribution in [0.1, 0.15) is 47.2 Å². The van der Waals surface area contributed by atoms with Gasteiger partial charge in [0.05, 0.1) is 11.1 Å². The molecule has 2 aliphatic carbocycles. The van der Waals surface area contributed by atoms with Crippen LogP contribution in [0.3, 0.4) is 0 Å². The molecular weight excluding hydrogens is 759 g/mol. The fraction of sp³-hybridized carbons (Fsp3) is 0.0645. The first-order valence-electron chi connectivity index (χ1n) is 22.1. The second-order valence-electron chi connectivity index (χ2n) is 17.6. The molecule has 298 valence electrons. The highest BCUT2D eigenvalue weighted by Gasteiger charge is 2.46. The van der Waals surface area contributed by atoms with Gasteiger partial charge in [0.2, 0.25) is 0 Å². The van der Waals surface area contributed by atoms with Crippen LogP contribution in [0.4, 0.5) is 17.1 Å². The highest BCUT2D eigenvalue weighted by atomic mass is 15.1. The zero-order chi connectivity index (χ0) is 42.1. The number of benzene rings is 10. The van der Waals surface area contributed by atoms with E-state index in [1.54, 1.807) is 0 Å². The molecule has 0 radical (unpaired) electrons. The third-order valence-electron chi connectivity index (χ3n) is 13.9. The van der Waals surface area contributed by atoms with E-state index < -0.39 is 5.41 Å². The van der Waals surface area contributed by atoms with Gasteiger partial charge in [0.25, 0.3) is 0 Å². The van der Waals surface area contributed by atoms with E-state index >= 15 is 0 Å². The number of hydrogen-bond acceptors (Lipinski definition) is 1. The summed E-state index contributed by atoms with van der Waals surface area (Å²) in [5.41, 5.74) is 20.4. The van der Waals surface area contributed by atoms with Gasteiger partial charge in [-0.2, -0.15) is 0 Å². The van der Waals surface area contributed by atoms with Crippen molar-refractivity contribution in [3.8, 4) is 44.5 Å². The molecule has 0 saturated heterocycles. The van der Waals surface area contributed by atoms with E-state index in [0.717, 1.165) is 17.1 Å². The molecule has 63 heavy (non-hydrogen) atoms. The lowest BCUT2D eigenvalue weighted by molar-refractivity contribution is 0.645. The molecule has 0 atom stereocenters. The molecule has 0 bridgehead atoms. The fourth-order valence-corrected chi connectivity index (χ4v) is 11.0. The highest BCUT2D eigenvalue weighted by Crippen LogP contribution is 2.59. The highest BCUT2D eigenvalue weighted by molar-refractivity contribution is 6.10. The van der Waals surface area contributed by atoms with Crippen molar-refractivity contribution in [3.63, 3.8) is 0 Å². The lowest BCUT2D eigenvalue weighted by Crippen LogP contribution is -2.28. The van der Waals surface area contributed by atoms with Crippen LogP contribution < -0.4 is 4.90 Å². The third kappa shape index (κ3) is 5.63. The fourth-order valence-electron chi connectivity index (χ4n) is 11.0. The third-order valence-corrected chi connectivity index (χ3v) is 13.9. The quantitative estimate of drug-likeness (QED) is 0.155. The lowest BCUT2D eigenvalue weighted by Gasteiger charge is -2.38. The molecule has 0 aromatic heterocycles. The van der Waals surface area contributed by atoms with E-state index in [2.05, 4.69) is 255 Å². The van der Waals surface area contributed by atoms with E-state index in [1.165, 1.54) is 88.7 Å². The maximum Gasteiger partial charge on any atom is 0.0714 e. The largest absolute Gasteiger partial charge is 0.310 e. The van der Waals surface area contributed by atoms with Crippen molar-refractivity contribution in [2.24, 2.45) is 0 Å². The van der Waals surface area contributed by atoms with Crippen LogP contribution in [-0.2, 0) is 10.8 Å². The van der Waals surface area contributed by atoms with Crippen molar-refractivity contribution in [1.82, 2.24) is 0 Å². The maximum atomic E-state index is 2.53. The molecule has 1 nitrogen and oxygen atoms in total. The van der Waals surface area contributed by atoms with Crippen LogP contribution in [0.5, 0.6) is 0 Å². The Labute approximate surface area is 370 Å². The van der Waals surface area contributed by atoms with Crippen molar-refractivity contribution < 1.29 is 0 Å². The smallest absolute Gasteiger partial charge is 0.0714 e. The Bertz CT molecular complexity index is 3290. The van der Waals surface area contributed by atoms with Gasteiger partial charge in [-0.05, 0) is 119 Å². The number of nitrogens with zero attached hydrogens (tertiary/aromatic N) is 1. The molecule has 0 unspecified atom stereocenters. The Morgan fingerprint density at radius 1 is 0.333 bits per heavy atom. The molecule has 0 fully saturated rings. The molecule has 1 heteroatoms. The summed E-state index contributed by atoms with van der Waals surface area (Å²) in [5, 5.41) is 2.58. The standard InChI is InChI=1S/C62H45N/c1-61(2)54-38-32-46(43-20-9-4-10-21-43)40-53(54)60-58(39-33-45-22-17-29-56(61)59(45)60)63(49-34-30-44(31-35-49)42-18-7-3-8-19-42)50-36-37-52-51-27-15-16-28-55(51)62(57(52)41-50,47-23-11-5-12-24-47)48-25-13-6-14-26-48/h3-41H,1-2H3. The summed E-state index contributed by atoms with van der Waals surface area (Å²) in [6, 6.07) is 87.9. The van der Waals surface area contributed by atoms with E-state index in [1.807, 2.05) is 0 Å². The SMILES string of the molecule is CC1(C)c2ccc(-c3ccccc3)cc2-c2c(N(c3ccc(-c4ccccc4)cc3)c3ccc4c(c3)C(c3ccccc3)(c3ccccc3)c3ccccc3-4)ccc3cccc1c23. The molecule has 2 aliphatic rings. The van der Waals surface area contributed by atoms with Gasteiger partial charge >= 0.3 is 0 Å². The molecule has 0 aliphatic heterocycles. The van der Waals surface area contributed by atoms with Crippen LogP contribution in [-0.4, -0.2) is 0 Å². The number of anilines is 3. The first-order chi connectivity index (χ1) is 31.0. The lowest BCUT2D eigenvalue weighted by atomic mass is 9.67. The molecule has 10 aromatic carbocycles. The van der Waals surface area contributed by atoms with Gasteiger partial charge in [0, 0.05) is 22.4 Å². The molecular formula is C62H45N. The molecule has 0 N–H and O–H groups in total. The molecule has 12 rings (SSSR count). The number of rotatable bonds is 7. The van der Waals surface area contributed by atoms with Gasteiger partial charge in [-0.25, -0.2) is 0 Å². The average Bonchev–Trinajstić information content (AvgIpc) is 3.65. The monoisotopic (exact) mass is 803 g/mol. The summed E-state index contributed by atoms with van der Waals surface area (Å²) in [5.74, 6) is 0. The van der Waals surface area contributed by atoms with Gasteiger partial charge in [-0.15, -0.1) is 0 Å². The summed E-state index contributed by atoms with van der Waals surface area (Å²) in [6.45, 7) is 4.78. The van der Waals surface area contributed by atoms with Crippen molar-refractivity contribution in [2.45, 2.75) is 24.7 Å². The van der Waals surface area contributed by atoms with Crippen LogP contribution in [0.15, 0.2) is 237 Å². The van der Waals surface area contributed by atoms with Crippen LogP contribution in [0.25, 0.3) is 55.3 Å². The predicted molar refractivity (Wildman–Crippen MR) is 264 cm³/mol. The van der Waals surface area contributed by atoms with Crippen molar-refractivity contribution in [3.05, 3.63) is 270 Å². The molecule has 10 aromatic rings. The Kier molecular flexibility index (Phi) is 8.49. The minimum Gasteiger partial charge on any atom is -0.310 e. The van der Waals surface area contributed by atoms with Crippen LogP contribution >= 0.6 is 0 Å². The summed E-state index contributed by atoms with van der Waals surface area (Å²) >= 11 is 0. The van der Waals surface area contributed by atoms with Gasteiger partial charge in [0.15, 0.2) is 0 Å². The zero-order valence-electron chi connectivity index (χ0n) is 35.5. The van der Waals surface area contributed by atoms with Crippen LogP contribution in [0.2, 0.25) is 0 Å². The van der Waals surface area contributed by atoms with E-state index in [4.69, 9.17) is 0 Å². The minimum absolute atomic E-state index is 0.206. The van der Waals surface area contributed by atoms with E-state index in [0.29, 0.717) is 0 Å². The summed E-state index contributed by atoms with van der Waals surface area (Å²) in [6.07, 6.45) is 0. The Hall–Kier alpha value is -7.74. The van der Waals surface area contributed by atoms with E-state index in [9.17, 15) is 0 Å². The predicted octanol–water partition coefficient (Wildman–Crippen LogP) is 16.3. The second-order valence-corrected chi connectivity index (χ2v) is 17.6. The van der Waals surface area contributed by atoms with Crippen molar-refractivity contribution in [2.75, 3.05) is 4.90 Å². The van der Waals surface area contributed by atoms with Gasteiger partial charge < -0.3 is 4.90 Å². The van der Waals surface area contributed by atoms with E-state index in [-0.39, 0.29) is 5.41 Å². The van der Waals surface area contributed by atoms with Gasteiger partial charge in [-0.3, -0.25) is 0 Å². The topological polar surface area (TPSA) is 3.24 Å². The Morgan fingerprint density at radius 2 is 0.873 bits per heavy atom. The molecule has 0 spiro atoms. The number of fused-ring (bicyclic) bond motifs is 5. The first-order valence-corrected chi connectivity index (χ1v) is 22.1. The van der Waals surface area contributed by atoms with Gasteiger partial charge in [-0.1, -0.05) is 214 Å². The van der Waals surface area contributed by atoms with Gasteiger partial charge in [0.1, 0.15) is 0 Å². The normalized spacial score (nSPS) is 13.8. The molecule has 0 saturated carbocycles. The molecule has 0 amide bonds. The zero-order valence-corrected chi connectivity index (χ0v) is 35.5. The Morgan fingerprint density at radius 3 is 1.56 bits per heavy atom.